The monoisotopic (exact) mass is 345 g/mol. The minimum absolute atomic E-state index is 0.0498. The number of nitrogens with zero attached hydrogens (tertiary/aromatic N) is 1. The predicted molar refractivity (Wildman–Crippen MR) is 96.9 cm³/mol. The fourth-order valence-corrected chi connectivity index (χ4v) is 2.42. The Hall–Kier alpha value is -2.27. The first-order chi connectivity index (χ1) is 12.1. The van der Waals surface area contributed by atoms with Crippen molar-refractivity contribution >= 4 is 5.91 Å². The van der Waals surface area contributed by atoms with Crippen LogP contribution < -0.4 is 4.74 Å². The lowest BCUT2D eigenvalue weighted by Gasteiger charge is -2.21. The molecule has 0 unspecified atom stereocenters. The number of unbranched alkanes of at least 4 members (excludes halogenated alkanes) is 1. The van der Waals surface area contributed by atoms with Crippen molar-refractivity contribution in [3.05, 3.63) is 53.5 Å². The largest absolute Gasteiger partial charge is 0.494 e. The maximum absolute atomic E-state index is 12.8. The maximum atomic E-state index is 12.8. The SMILES string of the molecule is CCCCOc1ccc(C(=O)N(CCOC)Cc2ccc(C)o2)cc1. The van der Waals surface area contributed by atoms with E-state index < -0.39 is 0 Å². The summed E-state index contributed by atoms with van der Waals surface area (Å²) in [5, 5.41) is 0. The molecule has 0 aliphatic carbocycles. The van der Waals surface area contributed by atoms with Crippen LogP contribution in [0, 0.1) is 6.92 Å². The lowest BCUT2D eigenvalue weighted by atomic mass is 10.2. The van der Waals surface area contributed by atoms with E-state index in [4.69, 9.17) is 13.9 Å². The lowest BCUT2D eigenvalue weighted by Crippen LogP contribution is -2.33. The van der Waals surface area contributed by atoms with Crippen LogP contribution in [0.4, 0.5) is 0 Å². The van der Waals surface area contributed by atoms with Crippen LogP contribution >= 0.6 is 0 Å². The summed E-state index contributed by atoms with van der Waals surface area (Å²) < 4.78 is 16.4. The highest BCUT2D eigenvalue weighted by molar-refractivity contribution is 5.94. The van der Waals surface area contributed by atoms with Crippen molar-refractivity contribution in [3.8, 4) is 5.75 Å². The Morgan fingerprint density at radius 1 is 1.12 bits per heavy atom. The van der Waals surface area contributed by atoms with Gasteiger partial charge in [-0.3, -0.25) is 4.79 Å². The second-order valence-electron chi connectivity index (χ2n) is 5.96. The van der Waals surface area contributed by atoms with Gasteiger partial charge in [-0.15, -0.1) is 0 Å². The molecule has 5 heteroatoms. The summed E-state index contributed by atoms with van der Waals surface area (Å²) in [5.41, 5.74) is 0.627. The van der Waals surface area contributed by atoms with Gasteiger partial charge in [0.15, 0.2) is 0 Å². The third kappa shape index (κ3) is 5.94. The fourth-order valence-electron chi connectivity index (χ4n) is 2.42. The van der Waals surface area contributed by atoms with Crippen molar-refractivity contribution < 1.29 is 18.7 Å². The molecule has 5 nitrogen and oxygen atoms in total. The van der Waals surface area contributed by atoms with Crippen molar-refractivity contribution in [2.24, 2.45) is 0 Å². The molecule has 1 amide bonds. The molecule has 0 aliphatic heterocycles. The van der Waals surface area contributed by atoms with Gasteiger partial charge in [0, 0.05) is 19.2 Å². The third-order valence-corrected chi connectivity index (χ3v) is 3.86. The van der Waals surface area contributed by atoms with Crippen molar-refractivity contribution in [3.63, 3.8) is 0 Å². The topological polar surface area (TPSA) is 51.9 Å². The van der Waals surface area contributed by atoms with E-state index in [1.807, 2.05) is 31.2 Å². The summed E-state index contributed by atoms with van der Waals surface area (Å²) in [5.74, 6) is 2.34. The zero-order valence-corrected chi connectivity index (χ0v) is 15.3. The third-order valence-electron chi connectivity index (χ3n) is 3.86. The van der Waals surface area contributed by atoms with Gasteiger partial charge in [0.1, 0.15) is 17.3 Å². The number of rotatable bonds is 10. The summed E-state index contributed by atoms with van der Waals surface area (Å²) >= 11 is 0. The van der Waals surface area contributed by atoms with Gasteiger partial charge in [0.25, 0.3) is 5.91 Å². The molecule has 0 saturated heterocycles. The number of methoxy groups -OCH3 is 1. The molecule has 0 radical (unpaired) electrons. The molecule has 1 aromatic carbocycles. The molecule has 0 saturated carbocycles. The Labute approximate surface area is 149 Å². The van der Waals surface area contributed by atoms with Gasteiger partial charge in [0.2, 0.25) is 0 Å². The molecule has 25 heavy (non-hydrogen) atoms. The van der Waals surface area contributed by atoms with Gasteiger partial charge >= 0.3 is 0 Å². The molecule has 0 N–H and O–H groups in total. The Bertz CT molecular complexity index is 648. The van der Waals surface area contributed by atoms with Gasteiger partial charge in [-0.1, -0.05) is 13.3 Å². The Balaban J connectivity index is 2.04. The number of ether oxygens (including phenoxy) is 2. The van der Waals surface area contributed by atoms with E-state index in [9.17, 15) is 4.79 Å². The number of carbonyl (C=O) groups is 1. The summed E-state index contributed by atoms with van der Waals surface area (Å²) in [6, 6.07) is 11.1. The van der Waals surface area contributed by atoms with Crippen molar-refractivity contribution in [1.29, 1.82) is 0 Å². The van der Waals surface area contributed by atoms with E-state index in [1.165, 1.54) is 0 Å². The minimum Gasteiger partial charge on any atom is -0.494 e. The molecule has 0 bridgehead atoms. The van der Waals surface area contributed by atoms with Crippen LogP contribution in [-0.2, 0) is 11.3 Å². The fraction of sp³-hybridized carbons (Fsp3) is 0.450. The van der Waals surface area contributed by atoms with Gasteiger partial charge in [0.05, 0.1) is 19.8 Å². The van der Waals surface area contributed by atoms with Crippen LogP contribution in [0.15, 0.2) is 40.8 Å². The number of aryl methyl sites for hydroxylation is 1. The van der Waals surface area contributed by atoms with Crippen LogP contribution in [0.2, 0.25) is 0 Å². The number of amides is 1. The van der Waals surface area contributed by atoms with Gasteiger partial charge in [-0.05, 0) is 49.7 Å². The average Bonchev–Trinajstić information content (AvgIpc) is 3.04. The zero-order chi connectivity index (χ0) is 18.1. The molecule has 2 aromatic rings. The van der Waals surface area contributed by atoms with Gasteiger partial charge < -0.3 is 18.8 Å². The van der Waals surface area contributed by atoms with E-state index in [1.54, 1.807) is 24.1 Å². The van der Waals surface area contributed by atoms with E-state index in [-0.39, 0.29) is 5.91 Å². The molecule has 1 heterocycles. The van der Waals surface area contributed by atoms with Gasteiger partial charge in [-0.25, -0.2) is 0 Å². The Morgan fingerprint density at radius 2 is 1.88 bits per heavy atom. The van der Waals surface area contributed by atoms with Crippen molar-refractivity contribution in [1.82, 2.24) is 4.90 Å². The first kappa shape index (κ1) is 19.1. The Morgan fingerprint density at radius 3 is 2.48 bits per heavy atom. The summed E-state index contributed by atoms with van der Waals surface area (Å²) in [6.07, 6.45) is 2.12. The number of hydrogen-bond acceptors (Lipinski definition) is 4. The summed E-state index contributed by atoms with van der Waals surface area (Å²) in [4.78, 5) is 14.6. The number of furan rings is 1. The van der Waals surface area contributed by atoms with Crippen molar-refractivity contribution in [2.75, 3.05) is 26.9 Å². The molecule has 0 atom stereocenters. The minimum atomic E-state index is -0.0498. The van der Waals surface area contributed by atoms with Crippen LogP contribution in [0.3, 0.4) is 0 Å². The molecule has 0 fully saturated rings. The number of benzene rings is 1. The highest BCUT2D eigenvalue weighted by atomic mass is 16.5. The van der Waals surface area contributed by atoms with E-state index >= 15 is 0 Å². The van der Waals surface area contributed by atoms with E-state index in [2.05, 4.69) is 6.92 Å². The smallest absolute Gasteiger partial charge is 0.254 e. The van der Waals surface area contributed by atoms with Crippen molar-refractivity contribution in [2.45, 2.75) is 33.2 Å². The second kappa shape index (κ2) is 9.89. The summed E-state index contributed by atoms with van der Waals surface area (Å²) in [7, 11) is 1.63. The molecule has 0 spiro atoms. The highest BCUT2D eigenvalue weighted by Crippen LogP contribution is 2.16. The second-order valence-corrected chi connectivity index (χ2v) is 5.96. The highest BCUT2D eigenvalue weighted by Gasteiger charge is 2.17. The van der Waals surface area contributed by atoms with Crippen LogP contribution in [0.5, 0.6) is 5.75 Å². The lowest BCUT2D eigenvalue weighted by molar-refractivity contribution is 0.0666. The molecule has 0 aliphatic rings. The van der Waals surface area contributed by atoms with Crippen LogP contribution in [0.25, 0.3) is 0 Å². The molecule has 2 rings (SSSR count). The molecule has 1 aromatic heterocycles. The van der Waals surface area contributed by atoms with Gasteiger partial charge in [-0.2, -0.15) is 0 Å². The standard InChI is InChI=1S/C20H27NO4/c1-4-5-13-24-18-10-7-17(8-11-18)20(22)21(12-14-23-3)15-19-9-6-16(2)25-19/h6-11H,4-5,12-15H2,1-3H3. The molecular weight excluding hydrogens is 318 g/mol. The average molecular weight is 345 g/mol. The number of hydrogen-bond donors (Lipinski definition) is 0. The molecular formula is C20H27NO4. The van der Waals surface area contributed by atoms with E-state index in [0.29, 0.717) is 31.9 Å². The summed E-state index contributed by atoms with van der Waals surface area (Å²) in [6.45, 7) is 6.11. The molecule has 136 valence electrons. The van der Waals surface area contributed by atoms with Crippen LogP contribution in [-0.4, -0.2) is 37.7 Å². The van der Waals surface area contributed by atoms with E-state index in [0.717, 1.165) is 30.1 Å². The first-order valence-electron chi connectivity index (χ1n) is 8.70. The normalized spacial score (nSPS) is 10.7. The zero-order valence-electron chi connectivity index (χ0n) is 15.3. The Kier molecular flexibility index (Phi) is 7.54. The maximum Gasteiger partial charge on any atom is 0.254 e. The van der Waals surface area contributed by atoms with Crippen LogP contribution in [0.1, 0.15) is 41.6 Å². The predicted octanol–water partition coefficient (Wildman–Crippen LogP) is 4.06. The quantitative estimate of drug-likeness (QED) is 0.610. The first-order valence-corrected chi connectivity index (χ1v) is 8.70. The number of carbonyl (C=O) groups excluding carboxylic acids is 1.